The van der Waals surface area contributed by atoms with Crippen molar-refractivity contribution in [3.05, 3.63) is 18.5 Å². The Morgan fingerprint density at radius 2 is 2.21 bits per heavy atom. The van der Waals surface area contributed by atoms with Gasteiger partial charge >= 0.3 is 0 Å². The first-order chi connectivity index (χ1) is 9.04. The van der Waals surface area contributed by atoms with E-state index in [0.717, 1.165) is 26.1 Å². The highest BCUT2D eigenvalue weighted by Crippen LogP contribution is 2.18. The van der Waals surface area contributed by atoms with E-state index < -0.39 is 10.0 Å². The molecular weight excluding hydrogens is 264 g/mol. The number of hydrogen-bond donors (Lipinski definition) is 1. The first-order valence-corrected chi connectivity index (χ1v) is 8.48. The van der Waals surface area contributed by atoms with E-state index in [-0.39, 0.29) is 5.75 Å². The fourth-order valence-electron chi connectivity index (χ4n) is 2.65. The van der Waals surface area contributed by atoms with Gasteiger partial charge in [-0.05, 0) is 38.4 Å². The first kappa shape index (κ1) is 14.5. The largest absolute Gasteiger partial charge is 0.299 e. The Balaban J connectivity index is 1.85. The SMILES string of the molecule is NS(=O)(=O)CCCN1CCCC[C@H]1Cn1cccn1. The van der Waals surface area contributed by atoms with Crippen LogP contribution in [0.25, 0.3) is 0 Å². The molecular formula is C12H22N4O2S. The van der Waals surface area contributed by atoms with E-state index in [9.17, 15) is 8.42 Å². The van der Waals surface area contributed by atoms with Gasteiger partial charge in [-0.3, -0.25) is 9.58 Å². The van der Waals surface area contributed by atoms with Crippen LogP contribution in [0, 0.1) is 0 Å². The average Bonchev–Trinajstić information content (AvgIpc) is 2.82. The molecule has 1 aliphatic heterocycles. The summed E-state index contributed by atoms with van der Waals surface area (Å²) in [5.74, 6) is 0.0675. The van der Waals surface area contributed by atoms with Crippen molar-refractivity contribution >= 4 is 10.0 Å². The number of piperidine rings is 1. The maximum absolute atomic E-state index is 11.0. The van der Waals surface area contributed by atoms with Gasteiger partial charge in [-0.1, -0.05) is 6.42 Å². The van der Waals surface area contributed by atoms with Crippen LogP contribution in [-0.2, 0) is 16.6 Å². The molecule has 0 amide bonds. The van der Waals surface area contributed by atoms with Crippen molar-refractivity contribution in [2.45, 2.75) is 38.3 Å². The van der Waals surface area contributed by atoms with Crippen LogP contribution in [0.1, 0.15) is 25.7 Å². The summed E-state index contributed by atoms with van der Waals surface area (Å²) in [6, 6.07) is 2.38. The average molecular weight is 286 g/mol. The third-order valence-electron chi connectivity index (χ3n) is 3.58. The van der Waals surface area contributed by atoms with E-state index in [1.165, 1.54) is 12.8 Å². The molecule has 2 N–H and O–H groups in total. The number of rotatable bonds is 6. The Labute approximate surface area is 114 Å². The van der Waals surface area contributed by atoms with Crippen molar-refractivity contribution in [2.24, 2.45) is 5.14 Å². The molecule has 2 rings (SSSR count). The molecule has 1 aromatic heterocycles. The van der Waals surface area contributed by atoms with E-state index in [1.54, 1.807) is 6.20 Å². The third-order valence-corrected chi connectivity index (χ3v) is 4.44. The van der Waals surface area contributed by atoms with Gasteiger partial charge in [0.05, 0.1) is 12.3 Å². The summed E-state index contributed by atoms with van der Waals surface area (Å²) in [6.07, 6.45) is 7.93. The number of primary sulfonamides is 1. The summed E-state index contributed by atoms with van der Waals surface area (Å²) in [7, 11) is -3.34. The second-order valence-corrected chi connectivity index (χ2v) is 6.87. The highest BCUT2D eigenvalue weighted by atomic mass is 32.2. The van der Waals surface area contributed by atoms with Gasteiger partial charge in [0.1, 0.15) is 0 Å². The maximum atomic E-state index is 11.0. The number of nitrogens with zero attached hydrogens (tertiary/aromatic N) is 3. The zero-order valence-electron chi connectivity index (χ0n) is 11.1. The summed E-state index contributed by atoms with van der Waals surface area (Å²) in [6.45, 7) is 2.71. The van der Waals surface area contributed by atoms with Gasteiger partial charge in [0.15, 0.2) is 0 Å². The molecule has 1 aliphatic rings. The number of likely N-dealkylation sites (tertiary alicyclic amines) is 1. The maximum Gasteiger partial charge on any atom is 0.209 e. The minimum atomic E-state index is -3.34. The molecule has 0 saturated carbocycles. The monoisotopic (exact) mass is 286 g/mol. The number of nitrogens with two attached hydrogens (primary N) is 1. The molecule has 108 valence electrons. The summed E-state index contributed by atoms with van der Waals surface area (Å²) < 4.78 is 23.9. The molecule has 0 bridgehead atoms. The molecule has 0 aliphatic carbocycles. The summed E-state index contributed by atoms with van der Waals surface area (Å²) in [5, 5.41) is 9.27. The predicted octanol–water partition coefficient (Wildman–Crippen LogP) is 0.416. The third kappa shape index (κ3) is 4.93. The van der Waals surface area contributed by atoms with Crippen molar-refractivity contribution in [1.82, 2.24) is 14.7 Å². The predicted molar refractivity (Wildman–Crippen MR) is 74.0 cm³/mol. The molecule has 1 atom stereocenters. The molecule has 0 aromatic carbocycles. The van der Waals surface area contributed by atoms with Crippen LogP contribution in [0.3, 0.4) is 0 Å². The van der Waals surface area contributed by atoms with Crippen molar-refractivity contribution in [2.75, 3.05) is 18.8 Å². The van der Waals surface area contributed by atoms with Gasteiger partial charge in [-0.15, -0.1) is 0 Å². The summed E-state index contributed by atoms with van der Waals surface area (Å²) >= 11 is 0. The molecule has 1 aromatic rings. The van der Waals surface area contributed by atoms with Crippen LogP contribution >= 0.6 is 0 Å². The quantitative estimate of drug-likeness (QED) is 0.821. The molecule has 2 heterocycles. The van der Waals surface area contributed by atoms with Gasteiger partial charge in [-0.2, -0.15) is 5.10 Å². The Kier molecular flexibility index (Phi) is 4.95. The van der Waals surface area contributed by atoms with E-state index in [4.69, 9.17) is 5.14 Å². The lowest BCUT2D eigenvalue weighted by Crippen LogP contribution is -2.43. The zero-order valence-corrected chi connectivity index (χ0v) is 11.9. The van der Waals surface area contributed by atoms with Gasteiger partial charge < -0.3 is 0 Å². The van der Waals surface area contributed by atoms with Crippen molar-refractivity contribution in [3.8, 4) is 0 Å². The molecule has 7 heteroatoms. The molecule has 0 spiro atoms. The number of aromatic nitrogens is 2. The van der Waals surface area contributed by atoms with Crippen LogP contribution in [0.4, 0.5) is 0 Å². The second-order valence-electron chi connectivity index (χ2n) is 5.13. The van der Waals surface area contributed by atoms with Crippen LogP contribution in [0.2, 0.25) is 0 Å². The smallest absolute Gasteiger partial charge is 0.209 e. The summed E-state index contributed by atoms with van der Waals surface area (Å²) in [5.41, 5.74) is 0. The highest BCUT2D eigenvalue weighted by molar-refractivity contribution is 7.89. The van der Waals surface area contributed by atoms with Crippen LogP contribution in [0.15, 0.2) is 18.5 Å². The number of sulfonamides is 1. The van der Waals surface area contributed by atoms with E-state index >= 15 is 0 Å². The Hall–Kier alpha value is -0.920. The summed E-state index contributed by atoms with van der Waals surface area (Å²) in [4.78, 5) is 2.37. The zero-order chi connectivity index (χ0) is 13.7. The molecule has 0 unspecified atom stereocenters. The highest BCUT2D eigenvalue weighted by Gasteiger charge is 2.22. The normalized spacial score (nSPS) is 21.6. The Bertz CT molecular complexity index is 472. The van der Waals surface area contributed by atoms with Crippen molar-refractivity contribution < 1.29 is 8.42 Å². The molecule has 6 nitrogen and oxygen atoms in total. The van der Waals surface area contributed by atoms with Crippen LogP contribution in [0.5, 0.6) is 0 Å². The van der Waals surface area contributed by atoms with Crippen molar-refractivity contribution in [3.63, 3.8) is 0 Å². The Morgan fingerprint density at radius 3 is 2.89 bits per heavy atom. The van der Waals surface area contributed by atoms with Gasteiger partial charge in [0.25, 0.3) is 0 Å². The van der Waals surface area contributed by atoms with E-state index in [0.29, 0.717) is 12.5 Å². The van der Waals surface area contributed by atoms with Crippen LogP contribution < -0.4 is 5.14 Å². The van der Waals surface area contributed by atoms with Crippen LogP contribution in [-0.4, -0.2) is 48.0 Å². The topological polar surface area (TPSA) is 81.2 Å². The van der Waals surface area contributed by atoms with Crippen molar-refractivity contribution in [1.29, 1.82) is 0 Å². The first-order valence-electron chi connectivity index (χ1n) is 6.76. The number of hydrogen-bond acceptors (Lipinski definition) is 4. The van der Waals surface area contributed by atoms with E-state index in [2.05, 4.69) is 10.00 Å². The minimum absolute atomic E-state index is 0.0675. The lowest BCUT2D eigenvalue weighted by Gasteiger charge is -2.35. The second kappa shape index (κ2) is 6.49. The fourth-order valence-corrected chi connectivity index (χ4v) is 3.19. The minimum Gasteiger partial charge on any atom is -0.299 e. The van der Waals surface area contributed by atoms with E-state index in [1.807, 2.05) is 16.9 Å². The Morgan fingerprint density at radius 1 is 1.37 bits per heavy atom. The van der Waals surface area contributed by atoms with Gasteiger partial charge in [-0.25, -0.2) is 13.6 Å². The molecule has 1 saturated heterocycles. The van der Waals surface area contributed by atoms with Gasteiger partial charge in [0, 0.05) is 18.4 Å². The molecule has 0 radical (unpaired) electrons. The lowest BCUT2D eigenvalue weighted by atomic mass is 10.0. The lowest BCUT2D eigenvalue weighted by molar-refractivity contribution is 0.130. The molecule has 1 fully saturated rings. The standard InChI is InChI=1S/C12H22N4O2S/c13-19(17,18)10-4-8-15-7-2-1-5-12(15)11-16-9-3-6-14-16/h3,6,9,12H,1-2,4-5,7-8,10-11H2,(H2,13,17,18)/t12-/m0/s1. The fraction of sp³-hybridized carbons (Fsp3) is 0.750. The molecule has 19 heavy (non-hydrogen) atoms. The van der Waals surface area contributed by atoms with Gasteiger partial charge in [0.2, 0.25) is 10.0 Å².